The first-order chi connectivity index (χ1) is 28.7. The summed E-state index contributed by atoms with van der Waals surface area (Å²) in [6.45, 7) is 0. The van der Waals surface area contributed by atoms with Gasteiger partial charge in [0.05, 0.1) is 11.0 Å². The summed E-state index contributed by atoms with van der Waals surface area (Å²) in [6.07, 6.45) is 0. The van der Waals surface area contributed by atoms with Gasteiger partial charge in [-0.1, -0.05) is 133 Å². The maximum Gasteiger partial charge on any atom is 0.164 e. The minimum absolute atomic E-state index is 0.588. The van der Waals surface area contributed by atoms with Crippen LogP contribution in [-0.4, -0.2) is 19.5 Å². The van der Waals surface area contributed by atoms with E-state index in [2.05, 4.69) is 199 Å². The first-order valence-corrected chi connectivity index (χ1v) is 19.5. The van der Waals surface area contributed by atoms with Crippen LogP contribution in [0, 0.1) is 0 Å². The zero-order valence-electron chi connectivity index (χ0n) is 31.2. The summed E-state index contributed by atoms with van der Waals surface area (Å²) < 4.78 is 9.03. The monoisotopic (exact) mass is 740 g/mol. The predicted octanol–water partition coefficient (Wildman–Crippen LogP) is 13.8. The van der Waals surface area contributed by atoms with Crippen molar-refractivity contribution in [2.24, 2.45) is 0 Å². The molecule has 0 aliphatic heterocycles. The molecule has 9 aromatic carbocycles. The van der Waals surface area contributed by atoms with Gasteiger partial charge in [0.15, 0.2) is 17.5 Å². The van der Waals surface area contributed by atoms with Gasteiger partial charge in [-0.15, -0.1) is 0 Å². The highest BCUT2D eigenvalue weighted by atomic mass is 16.3. The number of nitrogens with zero attached hydrogens (tertiary/aromatic N) is 4. The van der Waals surface area contributed by atoms with Crippen LogP contribution in [0.3, 0.4) is 0 Å². The van der Waals surface area contributed by atoms with Crippen molar-refractivity contribution < 1.29 is 4.42 Å². The van der Waals surface area contributed by atoms with Crippen molar-refractivity contribution in [3.63, 3.8) is 0 Å². The Balaban J connectivity index is 0.988. The Morgan fingerprint density at radius 2 is 0.828 bits per heavy atom. The van der Waals surface area contributed by atoms with E-state index in [1.54, 1.807) is 0 Å². The summed E-state index contributed by atoms with van der Waals surface area (Å²) in [5, 5.41) is 9.14. The molecular weight excluding hydrogens is 709 g/mol. The van der Waals surface area contributed by atoms with Crippen molar-refractivity contribution in [1.29, 1.82) is 0 Å². The molecule has 3 heterocycles. The molecule has 5 heteroatoms. The van der Waals surface area contributed by atoms with E-state index in [0.717, 1.165) is 66.1 Å². The average Bonchev–Trinajstić information content (AvgIpc) is 3.83. The third-order valence-corrected chi connectivity index (χ3v) is 11.4. The average molecular weight is 741 g/mol. The molecule has 0 aliphatic carbocycles. The topological polar surface area (TPSA) is 56.7 Å². The first-order valence-electron chi connectivity index (χ1n) is 19.5. The van der Waals surface area contributed by atoms with Crippen molar-refractivity contribution in [2.45, 2.75) is 0 Å². The molecule has 12 aromatic rings. The molecule has 0 spiro atoms. The highest BCUT2D eigenvalue weighted by Gasteiger charge is 2.18. The smallest absolute Gasteiger partial charge is 0.164 e. The standard InChI is InChI=1S/C53H32N4O/c1-2-10-33(11-3-1)38-23-27-48-46(30-38)43-16-8-9-17-47(43)57(48)42-24-26-45-44-25-22-41(31-49(44)58-50(45)32-42)53-55-51(39-20-18-34-12-4-6-14-36(34)28-39)54-52(56-53)40-21-19-35-13-5-7-15-37(35)29-40/h1-32H. The lowest BCUT2D eigenvalue weighted by Crippen LogP contribution is -2.00. The third kappa shape index (κ3) is 5.29. The summed E-state index contributed by atoms with van der Waals surface area (Å²) in [4.78, 5) is 15.2. The van der Waals surface area contributed by atoms with Gasteiger partial charge in [0.25, 0.3) is 0 Å². The van der Waals surface area contributed by atoms with Crippen molar-refractivity contribution in [2.75, 3.05) is 0 Å². The van der Waals surface area contributed by atoms with E-state index in [9.17, 15) is 0 Å². The summed E-state index contributed by atoms with van der Waals surface area (Å²) in [6, 6.07) is 68.2. The van der Waals surface area contributed by atoms with Crippen LogP contribution in [0.25, 0.3) is 116 Å². The number of hydrogen-bond acceptors (Lipinski definition) is 4. The maximum absolute atomic E-state index is 6.70. The van der Waals surface area contributed by atoms with Crippen LogP contribution in [0.1, 0.15) is 0 Å². The highest BCUT2D eigenvalue weighted by Crippen LogP contribution is 2.38. The molecule has 0 unspecified atom stereocenters. The van der Waals surface area contributed by atoms with Crippen LogP contribution < -0.4 is 0 Å². The lowest BCUT2D eigenvalue weighted by atomic mass is 10.0. The highest BCUT2D eigenvalue weighted by molar-refractivity contribution is 6.11. The summed E-state index contributed by atoms with van der Waals surface area (Å²) >= 11 is 0. The molecule has 0 bridgehead atoms. The van der Waals surface area contributed by atoms with Crippen molar-refractivity contribution in [3.8, 4) is 51.0 Å². The first kappa shape index (κ1) is 32.4. The molecule has 270 valence electrons. The van der Waals surface area contributed by atoms with Gasteiger partial charge in [-0.2, -0.15) is 0 Å². The van der Waals surface area contributed by atoms with Gasteiger partial charge in [0.1, 0.15) is 11.2 Å². The lowest BCUT2D eigenvalue weighted by Gasteiger charge is -2.10. The molecule has 12 rings (SSSR count). The van der Waals surface area contributed by atoms with Gasteiger partial charge in [0, 0.05) is 50.0 Å². The van der Waals surface area contributed by atoms with E-state index < -0.39 is 0 Å². The molecule has 0 fully saturated rings. The van der Waals surface area contributed by atoms with Crippen molar-refractivity contribution >= 4 is 65.3 Å². The molecule has 0 saturated heterocycles. The molecule has 3 aromatic heterocycles. The summed E-state index contributed by atoms with van der Waals surface area (Å²) in [5.41, 5.74) is 10.1. The minimum atomic E-state index is 0.588. The van der Waals surface area contributed by atoms with Crippen LogP contribution in [-0.2, 0) is 0 Å². The predicted molar refractivity (Wildman–Crippen MR) is 238 cm³/mol. The number of fused-ring (bicyclic) bond motifs is 8. The second-order valence-corrected chi connectivity index (χ2v) is 14.9. The molecule has 0 radical (unpaired) electrons. The van der Waals surface area contributed by atoms with E-state index in [4.69, 9.17) is 19.4 Å². The Kier molecular flexibility index (Phi) is 7.16. The minimum Gasteiger partial charge on any atom is -0.456 e. The maximum atomic E-state index is 6.70. The Morgan fingerprint density at radius 1 is 0.310 bits per heavy atom. The molecule has 0 N–H and O–H groups in total. The molecule has 0 saturated carbocycles. The quantitative estimate of drug-likeness (QED) is 0.176. The number of hydrogen-bond donors (Lipinski definition) is 0. The van der Waals surface area contributed by atoms with Gasteiger partial charge < -0.3 is 8.98 Å². The molecule has 0 atom stereocenters. The number of furan rings is 1. The van der Waals surface area contributed by atoms with Gasteiger partial charge in [0.2, 0.25) is 0 Å². The molecule has 0 amide bonds. The fourth-order valence-electron chi connectivity index (χ4n) is 8.53. The van der Waals surface area contributed by atoms with E-state index in [-0.39, 0.29) is 0 Å². The zero-order chi connectivity index (χ0) is 38.2. The second kappa shape index (κ2) is 12.8. The number of aromatic nitrogens is 4. The molecule has 58 heavy (non-hydrogen) atoms. The third-order valence-electron chi connectivity index (χ3n) is 11.4. The van der Waals surface area contributed by atoms with E-state index in [1.807, 2.05) is 0 Å². The molecule has 0 aliphatic rings. The fourth-order valence-corrected chi connectivity index (χ4v) is 8.53. The van der Waals surface area contributed by atoms with Crippen LogP contribution in [0.5, 0.6) is 0 Å². The number of benzene rings is 9. The van der Waals surface area contributed by atoms with Crippen LogP contribution in [0.4, 0.5) is 0 Å². The molecular formula is C53H32N4O. The number of para-hydroxylation sites is 1. The number of rotatable bonds is 5. The second-order valence-electron chi connectivity index (χ2n) is 14.9. The van der Waals surface area contributed by atoms with E-state index in [0.29, 0.717) is 17.5 Å². The Hall–Kier alpha value is -7.89. The zero-order valence-corrected chi connectivity index (χ0v) is 31.2. The molecule has 5 nitrogen and oxygen atoms in total. The Labute approximate surface area is 333 Å². The largest absolute Gasteiger partial charge is 0.456 e. The van der Waals surface area contributed by atoms with Gasteiger partial charge >= 0.3 is 0 Å². The lowest BCUT2D eigenvalue weighted by molar-refractivity contribution is 0.668. The van der Waals surface area contributed by atoms with Crippen LogP contribution >= 0.6 is 0 Å². The Morgan fingerprint density at radius 3 is 1.52 bits per heavy atom. The fraction of sp³-hybridized carbons (Fsp3) is 0. The van der Waals surface area contributed by atoms with Gasteiger partial charge in [-0.25, -0.2) is 15.0 Å². The van der Waals surface area contributed by atoms with Crippen molar-refractivity contribution in [1.82, 2.24) is 19.5 Å². The van der Waals surface area contributed by atoms with Gasteiger partial charge in [-0.05, 0) is 87.3 Å². The van der Waals surface area contributed by atoms with Crippen LogP contribution in [0.2, 0.25) is 0 Å². The normalized spacial score (nSPS) is 11.8. The van der Waals surface area contributed by atoms with Crippen LogP contribution in [0.15, 0.2) is 199 Å². The van der Waals surface area contributed by atoms with E-state index >= 15 is 0 Å². The summed E-state index contributed by atoms with van der Waals surface area (Å²) in [7, 11) is 0. The van der Waals surface area contributed by atoms with E-state index in [1.165, 1.54) is 32.7 Å². The SMILES string of the molecule is c1ccc(-c2ccc3c(c2)c2ccccc2n3-c2ccc3c(c2)oc2cc(-c4nc(-c5ccc6ccccc6c5)nc(-c5ccc6ccccc6c5)n4)ccc23)cc1. The van der Waals surface area contributed by atoms with Gasteiger partial charge in [-0.3, -0.25) is 0 Å². The summed E-state index contributed by atoms with van der Waals surface area (Å²) in [5.74, 6) is 1.83. The van der Waals surface area contributed by atoms with Crippen molar-refractivity contribution in [3.05, 3.63) is 194 Å². The Bertz CT molecular complexity index is 3480.